The van der Waals surface area contributed by atoms with E-state index in [9.17, 15) is 0 Å². The van der Waals surface area contributed by atoms with Gasteiger partial charge in [0.2, 0.25) is 0 Å². The van der Waals surface area contributed by atoms with Crippen LogP contribution in [-0.2, 0) is 6.42 Å². The van der Waals surface area contributed by atoms with Gasteiger partial charge in [0.05, 0.1) is 7.11 Å². The Labute approximate surface area is 114 Å². The highest BCUT2D eigenvalue weighted by molar-refractivity contribution is 5.29. The number of aromatic nitrogens is 1. The van der Waals surface area contributed by atoms with E-state index in [0.29, 0.717) is 6.04 Å². The summed E-state index contributed by atoms with van der Waals surface area (Å²) in [4.78, 5) is 4.04. The zero-order chi connectivity index (χ0) is 13.5. The minimum absolute atomic E-state index is 0.360. The van der Waals surface area contributed by atoms with Gasteiger partial charge in [-0.05, 0) is 55.3 Å². The Morgan fingerprint density at radius 3 is 2.37 bits per heavy atom. The van der Waals surface area contributed by atoms with Crippen LogP contribution in [0.5, 0.6) is 5.75 Å². The van der Waals surface area contributed by atoms with Gasteiger partial charge in [-0.25, -0.2) is 0 Å². The number of rotatable bonds is 6. The van der Waals surface area contributed by atoms with Crippen LogP contribution in [0.4, 0.5) is 0 Å². The van der Waals surface area contributed by atoms with Gasteiger partial charge in [-0.15, -0.1) is 0 Å². The molecule has 2 rings (SSSR count). The van der Waals surface area contributed by atoms with Crippen LogP contribution in [0.2, 0.25) is 0 Å². The van der Waals surface area contributed by atoms with E-state index in [-0.39, 0.29) is 0 Å². The summed E-state index contributed by atoms with van der Waals surface area (Å²) >= 11 is 0. The molecular formula is C16H20N2O. The molecule has 1 N–H and O–H groups in total. The van der Waals surface area contributed by atoms with Gasteiger partial charge in [-0.3, -0.25) is 4.98 Å². The molecule has 3 nitrogen and oxygen atoms in total. The maximum Gasteiger partial charge on any atom is 0.118 e. The minimum atomic E-state index is 0.360. The van der Waals surface area contributed by atoms with Gasteiger partial charge in [-0.2, -0.15) is 0 Å². The average molecular weight is 256 g/mol. The van der Waals surface area contributed by atoms with Gasteiger partial charge in [-0.1, -0.05) is 12.1 Å². The zero-order valence-corrected chi connectivity index (χ0v) is 11.5. The molecule has 1 atom stereocenters. The highest BCUT2D eigenvalue weighted by Crippen LogP contribution is 2.21. The molecule has 1 unspecified atom stereocenters. The molecule has 1 aromatic heterocycles. The summed E-state index contributed by atoms with van der Waals surface area (Å²) < 4.78 is 5.18. The average Bonchev–Trinajstić information content (AvgIpc) is 2.49. The molecule has 0 amide bonds. The molecule has 0 bridgehead atoms. The summed E-state index contributed by atoms with van der Waals surface area (Å²) in [5.41, 5.74) is 2.61. The van der Waals surface area contributed by atoms with Crippen molar-refractivity contribution in [3.8, 4) is 5.75 Å². The molecule has 1 aromatic carbocycles. The van der Waals surface area contributed by atoms with Crippen molar-refractivity contribution in [1.82, 2.24) is 10.3 Å². The van der Waals surface area contributed by atoms with Crippen molar-refractivity contribution < 1.29 is 4.74 Å². The SMILES string of the molecule is CNC(CCc1ccncc1)c1ccc(OC)cc1. The first-order valence-corrected chi connectivity index (χ1v) is 6.53. The molecule has 0 aliphatic carbocycles. The lowest BCUT2D eigenvalue weighted by Crippen LogP contribution is -2.17. The Morgan fingerprint density at radius 1 is 1.11 bits per heavy atom. The first-order chi connectivity index (χ1) is 9.33. The summed E-state index contributed by atoms with van der Waals surface area (Å²) in [7, 11) is 3.69. The molecule has 100 valence electrons. The van der Waals surface area contributed by atoms with Crippen LogP contribution in [-0.4, -0.2) is 19.1 Å². The van der Waals surface area contributed by atoms with Gasteiger partial charge >= 0.3 is 0 Å². The van der Waals surface area contributed by atoms with Gasteiger partial charge in [0, 0.05) is 18.4 Å². The minimum Gasteiger partial charge on any atom is -0.497 e. The van der Waals surface area contributed by atoms with Crippen LogP contribution in [0.25, 0.3) is 0 Å². The van der Waals surface area contributed by atoms with Crippen LogP contribution in [0.15, 0.2) is 48.8 Å². The van der Waals surface area contributed by atoms with Crippen molar-refractivity contribution in [2.75, 3.05) is 14.2 Å². The van der Waals surface area contributed by atoms with E-state index >= 15 is 0 Å². The summed E-state index contributed by atoms with van der Waals surface area (Å²) in [5, 5.41) is 3.37. The second-order valence-electron chi connectivity index (χ2n) is 4.51. The smallest absolute Gasteiger partial charge is 0.118 e. The molecule has 0 aliphatic rings. The summed E-state index contributed by atoms with van der Waals surface area (Å²) in [6.45, 7) is 0. The van der Waals surface area contributed by atoms with Gasteiger partial charge in [0.25, 0.3) is 0 Å². The van der Waals surface area contributed by atoms with Crippen molar-refractivity contribution >= 4 is 0 Å². The summed E-state index contributed by atoms with van der Waals surface area (Å²) in [6, 6.07) is 12.7. The number of nitrogens with zero attached hydrogens (tertiary/aromatic N) is 1. The molecule has 0 aliphatic heterocycles. The number of benzene rings is 1. The normalized spacial score (nSPS) is 12.1. The van der Waals surface area contributed by atoms with E-state index in [1.54, 1.807) is 7.11 Å². The van der Waals surface area contributed by atoms with Gasteiger partial charge < -0.3 is 10.1 Å². The summed E-state index contributed by atoms with van der Waals surface area (Å²) in [5.74, 6) is 0.896. The van der Waals surface area contributed by atoms with Gasteiger partial charge in [0.15, 0.2) is 0 Å². The van der Waals surface area contributed by atoms with Crippen molar-refractivity contribution in [1.29, 1.82) is 0 Å². The Morgan fingerprint density at radius 2 is 1.79 bits per heavy atom. The molecule has 1 heterocycles. The van der Waals surface area contributed by atoms with Crippen molar-refractivity contribution in [3.63, 3.8) is 0 Å². The van der Waals surface area contributed by atoms with Crippen LogP contribution < -0.4 is 10.1 Å². The van der Waals surface area contributed by atoms with E-state index in [2.05, 4.69) is 34.6 Å². The predicted molar refractivity (Wildman–Crippen MR) is 77.4 cm³/mol. The zero-order valence-electron chi connectivity index (χ0n) is 11.5. The molecule has 0 fully saturated rings. The fourth-order valence-electron chi connectivity index (χ4n) is 2.17. The second kappa shape index (κ2) is 6.90. The molecular weight excluding hydrogens is 236 g/mol. The maximum atomic E-state index is 5.18. The van der Waals surface area contributed by atoms with Gasteiger partial charge in [0.1, 0.15) is 5.75 Å². The number of ether oxygens (including phenoxy) is 1. The monoisotopic (exact) mass is 256 g/mol. The van der Waals surface area contributed by atoms with E-state index in [4.69, 9.17) is 4.74 Å². The molecule has 19 heavy (non-hydrogen) atoms. The highest BCUT2D eigenvalue weighted by atomic mass is 16.5. The number of hydrogen-bond acceptors (Lipinski definition) is 3. The molecule has 2 aromatic rings. The van der Waals surface area contributed by atoms with Crippen LogP contribution in [0, 0.1) is 0 Å². The molecule has 0 saturated carbocycles. The van der Waals surface area contributed by atoms with Crippen LogP contribution in [0.3, 0.4) is 0 Å². The predicted octanol–water partition coefficient (Wildman–Crippen LogP) is 2.98. The molecule has 0 spiro atoms. The quantitative estimate of drug-likeness (QED) is 0.862. The lowest BCUT2D eigenvalue weighted by atomic mass is 9.99. The highest BCUT2D eigenvalue weighted by Gasteiger charge is 2.09. The number of hydrogen-bond donors (Lipinski definition) is 1. The van der Waals surface area contributed by atoms with Crippen molar-refractivity contribution in [3.05, 3.63) is 59.9 Å². The summed E-state index contributed by atoms with van der Waals surface area (Å²) in [6.07, 6.45) is 5.79. The standard InChI is InChI=1S/C16H20N2O/c1-17-16(8-3-13-9-11-18-12-10-13)14-4-6-15(19-2)7-5-14/h4-7,9-12,16-17H,3,8H2,1-2H3. The fourth-order valence-corrected chi connectivity index (χ4v) is 2.17. The lowest BCUT2D eigenvalue weighted by Gasteiger charge is -2.17. The second-order valence-corrected chi connectivity index (χ2v) is 4.51. The third kappa shape index (κ3) is 3.80. The van der Waals surface area contributed by atoms with E-state index in [1.807, 2.05) is 31.6 Å². The Balaban J connectivity index is 1.99. The van der Waals surface area contributed by atoms with E-state index in [0.717, 1.165) is 18.6 Å². The fraction of sp³-hybridized carbons (Fsp3) is 0.312. The Hall–Kier alpha value is -1.87. The van der Waals surface area contributed by atoms with E-state index in [1.165, 1.54) is 11.1 Å². The number of nitrogens with one attached hydrogen (secondary N) is 1. The molecule has 0 saturated heterocycles. The Bertz CT molecular complexity index is 482. The van der Waals surface area contributed by atoms with Crippen molar-refractivity contribution in [2.24, 2.45) is 0 Å². The van der Waals surface area contributed by atoms with E-state index < -0.39 is 0 Å². The number of aryl methyl sites for hydroxylation is 1. The van der Waals surface area contributed by atoms with Crippen molar-refractivity contribution in [2.45, 2.75) is 18.9 Å². The third-order valence-corrected chi connectivity index (χ3v) is 3.34. The maximum absolute atomic E-state index is 5.18. The Kier molecular flexibility index (Phi) is 4.93. The van der Waals surface area contributed by atoms with Crippen LogP contribution >= 0.6 is 0 Å². The molecule has 0 radical (unpaired) electrons. The number of pyridine rings is 1. The first kappa shape index (κ1) is 13.6. The third-order valence-electron chi connectivity index (χ3n) is 3.34. The number of methoxy groups -OCH3 is 1. The molecule has 3 heteroatoms. The van der Waals surface area contributed by atoms with Crippen LogP contribution in [0.1, 0.15) is 23.6 Å². The first-order valence-electron chi connectivity index (χ1n) is 6.53. The lowest BCUT2D eigenvalue weighted by molar-refractivity contribution is 0.414. The largest absolute Gasteiger partial charge is 0.497 e. The topological polar surface area (TPSA) is 34.2 Å².